The molecule has 1 aliphatic carbocycles. The molecule has 21 heavy (non-hydrogen) atoms. The van der Waals surface area contributed by atoms with Crippen LogP contribution in [-0.4, -0.2) is 42.9 Å². The van der Waals surface area contributed by atoms with Crippen LogP contribution >= 0.6 is 0 Å². The fourth-order valence-corrected chi connectivity index (χ4v) is 3.36. The Balaban J connectivity index is 1.54. The van der Waals surface area contributed by atoms with E-state index in [0.717, 1.165) is 45.1 Å². The molecule has 3 atom stereocenters. The lowest BCUT2D eigenvalue weighted by atomic mass is 9.98. The molecule has 3 fully saturated rings. The molecule has 0 spiro atoms. The van der Waals surface area contributed by atoms with Crippen LogP contribution in [0.15, 0.2) is 0 Å². The van der Waals surface area contributed by atoms with Gasteiger partial charge in [-0.2, -0.15) is 0 Å². The first-order valence-corrected chi connectivity index (χ1v) is 8.11. The van der Waals surface area contributed by atoms with E-state index >= 15 is 0 Å². The molecule has 1 saturated carbocycles. The van der Waals surface area contributed by atoms with Crippen LogP contribution in [0.3, 0.4) is 0 Å². The summed E-state index contributed by atoms with van der Waals surface area (Å²) >= 11 is 0. The molecule has 0 aromatic carbocycles. The van der Waals surface area contributed by atoms with Crippen LogP contribution in [0.4, 0.5) is 0 Å². The highest BCUT2D eigenvalue weighted by atomic mass is 16.7. The van der Waals surface area contributed by atoms with Crippen LogP contribution in [-0.2, 0) is 19.1 Å². The van der Waals surface area contributed by atoms with Gasteiger partial charge in [0.25, 0.3) is 0 Å². The van der Waals surface area contributed by atoms with Gasteiger partial charge < -0.3 is 20.1 Å². The molecule has 6 heteroatoms. The van der Waals surface area contributed by atoms with Crippen LogP contribution in [0.5, 0.6) is 0 Å². The average molecular weight is 296 g/mol. The monoisotopic (exact) mass is 296 g/mol. The predicted octanol–water partition coefficient (Wildman–Crippen LogP) is 0.845. The Morgan fingerprint density at radius 2 is 2.00 bits per heavy atom. The normalized spacial score (nSPS) is 33.9. The summed E-state index contributed by atoms with van der Waals surface area (Å²) in [5, 5.41) is 6.08. The number of carbonyl (C=O) groups is 2. The second kappa shape index (κ2) is 6.75. The minimum Gasteiger partial charge on any atom is -0.433 e. The molecule has 2 saturated heterocycles. The lowest BCUT2D eigenvalue weighted by Crippen LogP contribution is -2.49. The number of carbonyl (C=O) groups excluding carboxylic acids is 2. The largest absolute Gasteiger partial charge is 0.433 e. The quantitative estimate of drug-likeness (QED) is 0.752. The third kappa shape index (κ3) is 3.74. The zero-order chi connectivity index (χ0) is 14.7. The Labute approximate surface area is 124 Å². The summed E-state index contributed by atoms with van der Waals surface area (Å²) in [5.41, 5.74) is 0. The average Bonchev–Trinajstić information content (AvgIpc) is 3.11. The van der Waals surface area contributed by atoms with Crippen LogP contribution in [0.2, 0.25) is 0 Å². The van der Waals surface area contributed by atoms with Gasteiger partial charge in [0, 0.05) is 0 Å². The summed E-state index contributed by atoms with van der Waals surface area (Å²) in [6, 6.07) is -0.495. The zero-order valence-electron chi connectivity index (χ0n) is 12.3. The van der Waals surface area contributed by atoms with Gasteiger partial charge in [-0.1, -0.05) is 19.3 Å². The standard InChI is InChI=1S/C15H24N2O4/c18-13-9-12(17-14(19)11-7-4-8-16-11)15(21-13)20-10-5-2-1-3-6-10/h10-12,15-16H,1-9H2,(H,17,19). The molecule has 0 bridgehead atoms. The summed E-state index contributed by atoms with van der Waals surface area (Å²) in [5.74, 6) is -0.339. The highest BCUT2D eigenvalue weighted by molar-refractivity contribution is 5.83. The van der Waals surface area contributed by atoms with Gasteiger partial charge in [-0.15, -0.1) is 0 Å². The molecule has 118 valence electrons. The molecule has 0 aromatic rings. The van der Waals surface area contributed by atoms with Crippen LogP contribution in [0.1, 0.15) is 51.4 Å². The molecule has 1 amide bonds. The first kappa shape index (κ1) is 14.8. The highest BCUT2D eigenvalue weighted by Gasteiger charge is 2.39. The SMILES string of the molecule is O=C1CC(NC(=O)C2CCCN2)C(OC2CCCCC2)O1. The van der Waals surface area contributed by atoms with E-state index in [1.54, 1.807) is 0 Å². The minimum atomic E-state index is -0.619. The Bertz CT molecular complexity index is 389. The molecule has 3 rings (SSSR count). The van der Waals surface area contributed by atoms with Crippen LogP contribution in [0, 0.1) is 0 Å². The van der Waals surface area contributed by atoms with Gasteiger partial charge in [0.2, 0.25) is 12.2 Å². The predicted molar refractivity (Wildman–Crippen MR) is 75.4 cm³/mol. The second-order valence-electron chi connectivity index (χ2n) is 6.22. The van der Waals surface area contributed by atoms with Crippen LogP contribution < -0.4 is 10.6 Å². The number of hydrogen-bond donors (Lipinski definition) is 2. The third-order valence-corrected chi connectivity index (χ3v) is 4.55. The fourth-order valence-electron chi connectivity index (χ4n) is 3.36. The number of amides is 1. The first-order valence-electron chi connectivity index (χ1n) is 8.11. The van der Waals surface area contributed by atoms with Crippen molar-refractivity contribution < 1.29 is 19.1 Å². The smallest absolute Gasteiger partial charge is 0.310 e. The van der Waals surface area contributed by atoms with Crippen molar-refractivity contribution in [2.45, 2.75) is 75.8 Å². The molecule has 0 aromatic heterocycles. The lowest BCUT2D eigenvalue weighted by Gasteiger charge is -2.28. The number of cyclic esters (lactones) is 1. The number of nitrogens with one attached hydrogen (secondary N) is 2. The molecule has 3 aliphatic rings. The van der Waals surface area contributed by atoms with Crippen molar-refractivity contribution in [1.82, 2.24) is 10.6 Å². The van der Waals surface area contributed by atoms with Crippen molar-refractivity contribution in [3.63, 3.8) is 0 Å². The maximum Gasteiger partial charge on any atom is 0.310 e. The Hall–Kier alpha value is -1.14. The van der Waals surface area contributed by atoms with Gasteiger partial charge in [-0.05, 0) is 32.2 Å². The first-order chi connectivity index (χ1) is 10.2. The van der Waals surface area contributed by atoms with Gasteiger partial charge in [0.15, 0.2) is 0 Å². The Kier molecular flexibility index (Phi) is 4.75. The van der Waals surface area contributed by atoms with E-state index in [4.69, 9.17) is 9.47 Å². The topological polar surface area (TPSA) is 76.7 Å². The molecule has 0 radical (unpaired) electrons. The summed E-state index contributed by atoms with van der Waals surface area (Å²) < 4.78 is 11.2. The van der Waals surface area contributed by atoms with Crippen molar-refractivity contribution in [3.05, 3.63) is 0 Å². The Morgan fingerprint density at radius 3 is 2.71 bits per heavy atom. The summed E-state index contributed by atoms with van der Waals surface area (Å²) in [7, 11) is 0. The zero-order valence-corrected chi connectivity index (χ0v) is 12.3. The number of ether oxygens (including phenoxy) is 2. The maximum atomic E-state index is 12.1. The number of hydrogen-bond acceptors (Lipinski definition) is 5. The van der Waals surface area contributed by atoms with E-state index in [1.807, 2.05) is 0 Å². The van der Waals surface area contributed by atoms with E-state index in [2.05, 4.69) is 10.6 Å². The number of esters is 1. The summed E-state index contributed by atoms with van der Waals surface area (Å²) in [6.07, 6.45) is 7.19. The molecule has 2 aliphatic heterocycles. The lowest BCUT2D eigenvalue weighted by molar-refractivity contribution is -0.179. The molecule has 6 nitrogen and oxygen atoms in total. The summed E-state index contributed by atoms with van der Waals surface area (Å²) in [6.45, 7) is 0.875. The van der Waals surface area contributed by atoms with Gasteiger partial charge in [0.05, 0.1) is 18.6 Å². The minimum absolute atomic E-state index is 0.0481. The molecular formula is C15H24N2O4. The molecule has 2 heterocycles. The fraction of sp³-hybridized carbons (Fsp3) is 0.867. The van der Waals surface area contributed by atoms with E-state index in [-0.39, 0.29) is 36.5 Å². The van der Waals surface area contributed by atoms with E-state index in [9.17, 15) is 9.59 Å². The molecule has 3 unspecified atom stereocenters. The molecular weight excluding hydrogens is 272 g/mol. The maximum absolute atomic E-state index is 12.1. The third-order valence-electron chi connectivity index (χ3n) is 4.55. The summed E-state index contributed by atoms with van der Waals surface area (Å²) in [4.78, 5) is 23.7. The van der Waals surface area contributed by atoms with Gasteiger partial charge in [0.1, 0.15) is 6.04 Å². The van der Waals surface area contributed by atoms with Crippen molar-refractivity contribution in [2.75, 3.05) is 6.54 Å². The Morgan fingerprint density at radius 1 is 1.19 bits per heavy atom. The highest BCUT2D eigenvalue weighted by Crippen LogP contribution is 2.25. The van der Waals surface area contributed by atoms with Crippen molar-refractivity contribution in [3.8, 4) is 0 Å². The second-order valence-corrected chi connectivity index (χ2v) is 6.22. The van der Waals surface area contributed by atoms with Crippen molar-refractivity contribution in [1.29, 1.82) is 0 Å². The number of rotatable bonds is 4. The molecule has 2 N–H and O–H groups in total. The van der Waals surface area contributed by atoms with Gasteiger partial charge in [-0.3, -0.25) is 9.59 Å². The van der Waals surface area contributed by atoms with Crippen molar-refractivity contribution in [2.24, 2.45) is 0 Å². The van der Waals surface area contributed by atoms with Gasteiger partial charge in [-0.25, -0.2) is 0 Å². The van der Waals surface area contributed by atoms with Crippen LogP contribution in [0.25, 0.3) is 0 Å². The van der Waals surface area contributed by atoms with E-state index in [1.165, 1.54) is 6.42 Å². The van der Waals surface area contributed by atoms with Gasteiger partial charge >= 0.3 is 5.97 Å². The van der Waals surface area contributed by atoms with E-state index < -0.39 is 6.29 Å². The van der Waals surface area contributed by atoms with Crippen molar-refractivity contribution >= 4 is 11.9 Å². The van der Waals surface area contributed by atoms with E-state index in [0.29, 0.717) is 0 Å².